The molecule has 0 spiro atoms. The summed E-state index contributed by atoms with van der Waals surface area (Å²) in [6, 6.07) is 5.39. The van der Waals surface area contributed by atoms with E-state index in [0.29, 0.717) is 19.4 Å². The van der Waals surface area contributed by atoms with Crippen LogP contribution >= 0.6 is 0 Å². The van der Waals surface area contributed by atoms with E-state index in [-0.39, 0.29) is 0 Å². The van der Waals surface area contributed by atoms with Gasteiger partial charge in [0.1, 0.15) is 5.75 Å². The predicted molar refractivity (Wildman–Crippen MR) is 88.2 cm³/mol. The van der Waals surface area contributed by atoms with E-state index in [2.05, 4.69) is 22.8 Å². The second-order valence-electron chi connectivity index (χ2n) is 6.82. The van der Waals surface area contributed by atoms with E-state index in [1.54, 1.807) is 0 Å². The second-order valence-corrected chi connectivity index (χ2v) is 6.82. The molecule has 0 saturated carbocycles. The minimum Gasteiger partial charge on any atom is -0.493 e. The smallest absolute Gasteiger partial charge is 0.231 e. The first-order valence-electron chi connectivity index (χ1n) is 8.78. The molecule has 0 N–H and O–H groups in total. The molecule has 0 amide bonds. The van der Waals surface area contributed by atoms with Gasteiger partial charge in [-0.3, -0.25) is 9.80 Å². The zero-order valence-corrected chi connectivity index (χ0v) is 14.1. The fraction of sp³-hybridized carbons (Fsp3) is 0.667. The normalized spacial score (nSPS) is 27.2. The fourth-order valence-electron chi connectivity index (χ4n) is 4.07. The lowest BCUT2D eigenvalue weighted by Crippen LogP contribution is -2.54. The Hall–Kier alpha value is -1.46. The van der Waals surface area contributed by atoms with Gasteiger partial charge in [-0.2, -0.15) is 0 Å². The Morgan fingerprint density at radius 3 is 2.87 bits per heavy atom. The number of piperazine rings is 1. The van der Waals surface area contributed by atoms with Crippen molar-refractivity contribution in [3.63, 3.8) is 0 Å². The van der Waals surface area contributed by atoms with Gasteiger partial charge in [0.05, 0.1) is 6.61 Å². The van der Waals surface area contributed by atoms with Crippen LogP contribution in [0.4, 0.5) is 0 Å². The van der Waals surface area contributed by atoms with E-state index >= 15 is 0 Å². The summed E-state index contributed by atoms with van der Waals surface area (Å²) in [6.45, 7) is 9.85. The van der Waals surface area contributed by atoms with Crippen LogP contribution < -0.4 is 14.2 Å². The van der Waals surface area contributed by atoms with Gasteiger partial charge >= 0.3 is 0 Å². The summed E-state index contributed by atoms with van der Waals surface area (Å²) < 4.78 is 16.9. The molecule has 4 rings (SSSR count). The van der Waals surface area contributed by atoms with Gasteiger partial charge in [-0.05, 0) is 39.3 Å². The number of hydrogen-bond acceptors (Lipinski definition) is 5. The SMILES string of the molecule is CCOc1cc2c(cc1CN1C[C@H]3CCCN3C[C@H]1C)OCO2. The Balaban J connectivity index is 1.55. The highest BCUT2D eigenvalue weighted by atomic mass is 16.7. The van der Waals surface area contributed by atoms with E-state index in [1.165, 1.54) is 31.5 Å². The highest BCUT2D eigenvalue weighted by molar-refractivity contribution is 5.51. The van der Waals surface area contributed by atoms with Crippen LogP contribution in [0.3, 0.4) is 0 Å². The van der Waals surface area contributed by atoms with Crippen molar-refractivity contribution >= 4 is 0 Å². The van der Waals surface area contributed by atoms with Crippen LogP contribution in [0.15, 0.2) is 12.1 Å². The predicted octanol–water partition coefficient (Wildman–Crippen LogP) is 2.48. The summed E-state index contributed by atoms with van der Waals surface area (Å²) in [7, 11) is 0. The van der Waals surface area contributed by atoms with Crippen molar-refractivity contribution in [1.29, 1.82) is 0 Å². The molecule has 0 radical (unpaired) electrons. The molecule has 2 atom stereocenters. The van der Waals surface area contributed by atoms with Crippen LogP contribution in [0.5, 0.6) is 17.2 Å². The second kappa shape index (κ2) is 6.21. The molecule has 3 heterocycles. The highest BCUT2D eigenvalue weighted by Crippen LogP contribution is 2.39. The van der Waals surface area contributed by atoms with Crippen molar-refractivity contribution in [2.75, 3.05) is 33.0 Å². The zero-order valence-electron chi connectivity index (χ0n) is 14.1. The van der Waals surface area contributed by atoms with Crippen LogP contribution in [0.1, 0.15) is 32.3 Å². The van der Waals surface area contributed by atoms with Crippen molar-refractivity contribution in [3.05, 3.63) is 17.7 Å². The third kappa shape index (κ3) is 2.88. The average molecular weight is 318 g/mol. The van der Waals surface area contributed by atoms with Crippen LogP contribution in [0, 0.1) is 0 Å². The van der Waals surface area contributed by atoms with E-state index in [1.807, 2.05) is 13.0 Å². The molecule has 0 aromatic heterocycles. The number of fused-ring (bicyclic) bond motifs is 2. The van der Waals surface area contributed by atoms with E-state index in [0.717, 1.165) is 36.4 Å². The standard InChI is InChI=1S/C18H26N2O3/c1-3-21-16-8-18-17(22-12-23-18)7-14(16)10-20-11-15-5-4-6-19(15)9-13(20)2/h7-8,13,15H,3-6,9-12H2,1-2H3/t13-,15-/m1/s1. The molecular formula is C18H26N2O3. The number of ether oxygens (including phenoxy) is 3. The van der Waals surface area contributed by atoms with E-state index in [4.69, 9.17) is 14.2 Å². The Labute approximate surface area is 138 Å². The maximum Gasteiger partial charge on any atom is 0.231 e. The summed E-state index contributed by atoms with van der Waals surface area (Å²) in [5.41, 5.74) is 1.20. The van der Waals surface area contributed by atoms with Gasteiger partial charge in [-0.15, -0.1) is 0 Å². The Kier molecular flexibility index (Phi) is 4.07. The third-order valence-corrected chi connectivity index (χ3v) is 5.30. The van der Waals surface area contributed by atoms with Crippen molar-refractivity contribution in [3.8, 4) is 17.2 Å². The molecule has 2 fully saturated rings. The van der Waals surface area contributed by atoms with Crippen LogP contribution in [0.2, 0.25) is 0 Å². The first kappa shape index (κ1) is 15.1. The maximum atomic E-state index is 5.85. The van der Waals surface area contributed by atoms with E-state index in [9.17, 15) is 0 Å². The maximum absolute atomic E-state index is 5.85. The Morgan fingerprint density at radius 2 is 2.04 bits per heavy atom. The first-order valence-corrected chi connectivity index (χ1v) is 8.78. The molecule has 0 unspecified atom stereocenters. The van der Waals surface area contributed by atoms with Crippen molar-refractivity contribution in [2.24, 2.45) is 0 Å². The molecule has 23 heavy (non-hydrogen) atoms. The number of hydrogen-bond donors (Lipinski definition) is 0. The van der Waals surface area contributed by atoms with Gasteiger partial charge in [0.2, 0.25) is 6.79 Å². The fourth-order valence-corrected chi connectivity index (χ4v) is 4.07. The van der Waals surface area contributed by atoms with Gasteiger partial charge in [-0.1, -0.05) is 0 Å². The minimum atomic E-state index is 0.307. The van der Waals surface area contributed by atoms with Crippen molar-refractivity contribution in [2.45, 2.75) is 45.3 Å². The molecular weight excluding hydrogens is 292 g/mol. The van der Waals surface area contributed by atoms with Gasteiger partial charge in [-0.25, -0.2) is 0 Å². The van der Waals surface area contributed by atoms with Gasteiger partial charge in [0.15, 0.2) is 11.5 Å². The first-order chi connectivity index (χ1) is 11.2. The van der Waals surface area contributed by atoms with Crippen LogP contribution in [-0.2, 0) is 6.54 Å². The topological polar surface area (TPSA) is 34.2 Å². The minimum absolute atomic E-state index is 0.307. The Bertz CT molecular complexity index is 578. The number of rotatable bonds is 4. The van der Waals surface area contributed by atoms with Crippen LogP contribution in [0.25, 0.3) is 0 Å². The summed E-state index contributed by atoms with van der Waals surface area (Å²) >= 11 is 0. The molecule has 5 heteroatoms. The van der Waals surface area contributed by atoms with E-state index < -0.39 is 0 Å². The lowest BCUT2D eigenvalue weighted by Gasteiger charge is -2.42. The van der Waals surface area contributed by atoms with Crippen LogP contribution in [-0.4, -0.2) is 54.9 Å². The molecule has 5 nitrogen and oxygen atoms in total. The third-order valence-electron chi connectivity index (χ3n) is 5.30. The number of nitrogens with zero attached hydrogens (tertiary/aromatic N) is 2. The largest absolute Gasteiger partial charge is 0.493 e. The molecule has 3 aliphatic heterocycles. The lowest BCUT2D eigenvalue weighted by molar-refractivity contribution is 0.0534. The van der Waals surface area contributed by atoms with Crippen molar-refractivity contribution in [1.82, 2.24) is 9.80 Å². The lowest BCUT2D eigenvalue weighted by atomic mass is 10.1. The molecule has 3 aliphatic rings. The molecule has 0 aliphatic carbocycles. The quantitative estimate of drug-likeness (QED) is 0.852. The number of benzene rings is 1. The summed E-state index contributed by atoms with van der Waals surface area (Å²) in [5, 5.41) is 0. The molecule has 1 aromatic carbocycles. The van der Waals surface area contributed by atoms with Gasteiger partial charge in [0, 0.05) is 43.3 Å². The van der Waals surface area contributed by atoms with Gasteiger partial charge in [0.25, 0.3) is 0 Å². The monoisotopic (exact) mass is 318 g/mol. The summed E-state index contributed by atoms with van der Waals surface area (Å²) in [6.07, 6.45) is 2.68. The molecule has 0 bridgehead atoms. The zero-order chi connectivity index (χ0) is 15.8. The average Bonchev–Trinajstić information content (AvgIpc) is 3.16. The van der Waals surface area contributed by atoms with Crippen molar-refractivity contribution < 1.29 is 14.2 Å². The molecule has 126 valence electrons. The molecule has 1 aromatic rings. The van der Waals surface area contributed by atoms with Gasteiger partial charge < -0.3 is 14.2 Å². The highest BCUT2D eigenvalue weighted by Gasteiger charge is 2.34. The molecule has 2 saturated heterocycles. The summed E-state index contributed by atoms with van der Waals surface area (Å²) in [4.78, 5) is 5.25. The summed E-state index contributed by atoms with van der Waals surface area (Å²) in [5.74, 6) is 2.57. The Morgan fingerprint density at radius 1 is 1.22 bits per heavy atom.